The van der Waals surface area contributed by atoms with Crippen LogP contribution < -0.4 is 5.32 Å². The molecule has 1 saturated heterocycles. The second kappa shape index (κ2) is 11.7. The molecule has 1 aromatic carbocycles. The maximum Gasteiger partial charge on any atom is 0.224 e. The van der Waals surface area contributed by atoms with E-state index in [1.54, 1.807) is 0 Å². The van der Waals surface area contributed by atoms with Crippen LogP contribution in [-0.2, 0) is 20.7 Å². The maximum atomic E-state index is 12.1. The molecule has 0 spiro atoms. The van der Waals surface area contributed by atoms with Gasteiger partial charge in [0.15, 0.2) is 0 Å². The van der Waals surface area contributed by atoms with Crippen molar-refractivity contribution in [3.05, 3.63) is 35.9 Å². The lowest BCUT2D eigenvalue weighted by Crippen LogP contribution is -2.40. The second-order valence-electron chi connectivity index (χ2n) is 7.14. The smallest absolute Gasteiger partial charge is 0.224 e. The Morgan fingerprint density at radius 3 is 2.77 bits per heavy atom. The number of benzene rings is 1. The predicted molar refractivity (Wildman–Crippen MR) is 103 cm³/mol. The molecule has 2 rings (SSSR count). The Bertz CT molecular complexity index is 547. The molecule has 1 aliphatic heterocycles. The summed E-state index contributed by atoms with van der Waals surface area (Å²) in [6.07, 6.45) is 4.73. The van der Waals surface area contributed by atoms with Crippen molar-refractivity contribution < 1.29 is 14.3 Å². The van der Waals surface area contributed by atoms with Crippen molar-refractivity contribution in [3.63, 3.8) is 0 Å². The molecule has 26 heavy (non-hydrogen) atoms. The fourth-order valence-electron chi connectivity index (χ4n) is 3.24. The van der Waals surface area contributed by atoms with Gasteiger partial charge in [-0.15, -0.1) is 0 Å². The number of amides is 2. The molecule has 1 aromatic rings. The summed E-state index contributed by atoms with van der Waals surface area (Å²) in [5, 5.41) is 2.84. The molecule has 1 unspecified atom stereocenters. The molecule has 1 aliphatic rings. The molecule has 1 fully saturated rings. The third kappa shape index (κ3) is 8.00. The summed E-state index contributed by atoms with van der Waals surface area (Å²) < 4.78 is 5.58. The van der Waals surface area contributed by atoms with Crippen molar-refractivity contribution >= 4 is 11.8 Å². The largest absolute Gasteiger partial charge is 0.381 e. The van der Waals surface area contributed by atoms with E-state index in [-0.39, 0.29) is 11.8 Å². The average Bonchev–Trinajstić information content (AvgIpc) is 2.65. The maximum absolute atomic E-state index is 12.1. The van der Waals surface area contributed by atoms with Gasteiger partial charge >= 0.3 is 0 Å². The molecule has 1 heterocycles. The van der Waals surface area contributed by atoms with E-state index in [2.05, 4.69) is 24.4 Å². The van der Waals surface area contributed by atoms with E-state index in [1.807, 2.05) is 23.1 Å². The highest BCUT2D eigenvalue weighted by atomic mass is 16.5. The number of hydrogen-bond donors (Lipinski definition) is 1. The van der Waals surface area contributed by atoms with Crippen molar-refractivity contribution in [1.29, 1.82) is 0 Å². The number of nitrogens with one attached hydrogen (secondary N) is 1. The number of hydrogen-bond acceptors (Lipinski definition) is 3. The van der Waals surface area contributed by atoms with Crippen LogP contribution in [0.5, 0.6) is 0 Å². The number of ether oxygens (including phenoxy) is 1. The predicted octanol–water partition coefficient (Wildman–Crippen LogP) is 2.79. The lowest BCUT2D eigenvalue weighted by molar-refractivity contribution is -0.132. The number of rotatable bonds is 10. The van der Waals surface area contributed by atoms with Crippen molar-refractivity contribution in [1.82, 2.24) is 10.2 Å². The lowest BCUT2D eigenvalue weighted by atomic mass is 10.00. The van der Waals surface area contributed by atoms with Crippen LogP contribution in [0.4, 0.5) is 0 Å². The molecule has 2 amide bonds. The highest BCUT2D eigenvalue weighted by Gasteiger charge is 2.20. The average molecular weight is 360 g/mol. The van der Waals surface area contributed by atoms with E-state index in [9.17, 15) is 9.59 Å². The quantitative estimate of drug-likeness (QED) is 0.653. The zero-order valence-corrected chi connectivity index (χ0v) is 15.9. The van der Waals surface area contributed by atoms with E-state index >= 15 is 0 Å². The van der Waals surface area contributed by atoms with Gasteiger partial charge in [-0.05, 0) is 37.2 Å². The Labute approximate surface area is 157 Å². The van der Waals surface area contributed by atoms with Crippen LogP contribution in [0.1, 0.15) is 44.6 Å². The Balaban J connectivity index is 1.45. The summed E-state index contributed by atoms with van der Waals surface area (Å²) in [5.41, 5.74) is 1.26. The zero-order chi connectivity index (χ0) is 18.6. The van der Waals surface area contributed by atoms with Crippen molar-refractivity contribution in [2.24, 2.45) is 5.92 Å². The number of nitrogens with zero attached hydrogens (tertiary/aromatic N) is 1. The molecule has 0 aromatic heterocycles. The minimum Gasteiger partial charge on any atom is -0.381 e. The van der Waals surface area contributed by atoms with Gasteiger partial charge in [0, 0.05) is 39.1 Å². The monoisotopic (exact) mass is 360 g/mol. The van der Waals surface area contributed by atoms with Gasteiger partial charge in [0.25, 0.3) is 0 Å². The van der Waals surface area contributed by atoms with Crippen LogP contribution in [0.3, 0.4) is 0 Å². The van der Waals surface area contributed by atoms with Crippen LogP contribution in [-0.4, -0.2) is 49.6 Å². The SMILES string of the molecule is CC1CCCN(C(=O)CCNC(=O)CCCOCCc2ccccc2)C1. The molecule has 5 heteroatoms. The molecular weight excluding hydrogens is 328 g/mol. The summed E-state index contributed by atoms with van der Waals surface area (Å²) >= 11 is 0. The summed E-state index contributed by atoms with van der Waals surface area (Å²) in [7, 11) is 0. The van der Waals surface area contributed by atoms with Gasteiger partial charge in [-0.1, -0.05) is 37.3 Å². The van der Waals surface area contributed by atoms with Crippen molar-refractivity contribution in [2.45, 2.75) is 45.4 Å². The van der Waals surface area contributed by atoms with E-state index in [0.29, 0.717) is 44.9 Å². The van der Waals surface area contributed by atoms with Gasteiger partial charge in [0.2, 0.25) is 11.8 Å². The third-order valence-electron chi connectivity index (χ3n) is 4.74. The lowest BCUT2D eigenvalue weighted by Gasteiger charge is -2.31. The first-order valence-corrected chi connectivity index (χ1v) is 9.81. The normalized spacial score (nSPS) is 17.1. The molecule has 5 nitrogen and oxygen atoms in total. The second-order valence-corrected chi connectivity index (χ2v) is 7.14. The van der Waals surface area contributed by atoms with Crippen molar-refractivity contribution in [2.75, 3.05) is 32.8 Å². The Kier molecular flexibility index (Phi) is 9.18. The highest BCUT2D eigenvalue weighted by Crippen LogP contribution is 2.15. The number of carbonyl (C=O) groups excluding carboxylic acids is 2. The van der Waals surface area contributed by atoms with Crippen LogP contribution in [0.25, 0.3) is 0 Å². The first kappa shape index (κ1) is 20.4. The van der Waals surface area contributed by atoms with E-state index in [4.69, 9.17) is 4.74 Å². The summed E-state index contributed by atoms with van der Waals surface area (Å²) in [6, 6.07) is 10.2. The number of likely N-dealkylation sites (tertiary alicyclic amines) is 1. The molecule has 0 bridgehead atoms. The van der Waals surface area contributed by atoms with Crippen LogP contribution in [0.2, 0.25) is 0 Å². The van der Waals surface area contributed by atoms with Crippen LogP contribution in [0, 0.1) is 5.92 Å². The first-order valence-electron chi connectivity index (χ1n) is 9.81. The molecule has 0 radical (unpaired) electrons. The Hall–Kier alpha value is -1.88. The minimum atomic E-state index is -0.00327. The first-order chi connectivity index (χ1) is 12.6. The minimum absolute atomic E-state index is 0.00327. The van der Waals surface area contributed by atoms with E-state index < -0.39 is 0 Å². The van der Waals surface area contributed by atoms with Crippen LogP contribution in [0.15, 0.2) is 30.3 Å². The molecule has 0 aliphatic carbocycles. The Morgan fingerprint density at radius 2 is 2.00 bits per heavy atom. The van der Waals surface area contributed by atoms with Gasteiger partial charge in [-0.3, -0.25) is 9.59 Å². The van der Waals surface area contributed by atoms with Gasteiger partial charge in [-0.25, -0.2) is 0 Å². The van der Waals surface area contributed by atoms with Crippen molar-refractivity contribution in [3.8, 4) is 0 Å². The highest BCUT2D eigenvalue weighted by molar-refractivity contribution is 5.79. The molecule has 0 saturated carbocycles. The standard InChI is InChI=1S/C21H32N2O3/c1-18-7-5-14-23(17-18)21(25)11-13-22-20(24)10-6-15-26-16-12-19-8-3-2-4-9-19/h2-4,8-9,18H,5-7,10-17H2,1H3,(H,22,24). The topological polar surface area (TPSA) is 58.6 Å². The summed E-state index contributed by atoms with van der Waals surface area (Å²) in [5.74, 6) is 0.738. The molecule has 1 N–H and O–H groups in total. The number of piperidine rings is 1. The number of carbonyl (C=O) groups is 2. The Morgan fingerprint density at radius 1 is 1.19 bits per heavy atom. The van der Waals surface area contributed by atoms with Gasteiger partial charge < -0.3 is 15.0 Å². The van der Waals surface area contributed by atoms with Crippen LogP contribution >= 0.6 is 0 Å². The fourth-order valence-corrected chi connectivity index (χ4v) is 3.24. The van der Waals surface area contributed by atoms with Gasteiger partial charge in [0.05, 0.1) is 6.61 Å². The third-order valence-corrected chi connectivity index (χ3v) is 4.74. The molecular formula is C21H32N2O3. The molecule has 144 valence electrons. The van der Waals surface area contributed by atoms with Gasteiger partial charge in [-0.2, -0.15) is 0 Å². The van der Waals surface area contributed by atoms with E-state index in [0.717, 1.165) is 25.9 Å². The fraction of sp³-hybridized carbons (Fsp3) is 0.619. The van der Waals surface area contributed by atoms with Gasteiger partial charge in [0.1, 0.15) is 0 Å². The summed E-state index contributed by atoms with van der Waals surface area (Å²) in [6.45, 7) is 5.59. The van der Waals surface area contributed by atoms with E-state index in [1.165, 1.54) is 12.0 Å². The molecule has 1 atom stereocenters. The summed E-state index contributed by atoms with van der Waals surface area (Å²) in [4.78, 5) is 25.9. The zero-order valence-electron chi connectivity index (χ0n) is 15.9.